The summed E-state index contributed by atoms with van der Waals surface area (Å²) < 4.78 is 15.8. The Labute approximate surface area is 107 Å². The molecule has 0 bridgehead atoms. The lowest BCUT2D eigenvalue weighted by molar-refractivity contribution is 0.333. The molecule has 5 nitrogen and oxygen atoms in total. The van der Waals surface area contributed by atoms with Crippen molar-refractivity contribution in [3.05, 3.63) is 17.7 Å². The number of rotatable bonds is 6. The smallest absolute Gasteiger partial charge is 0.164 e. The average Bonchev–Trinajstić information content (AvgIpc) is 2.38. The molecule has 0 heterocycles. The van der Waals surface area contributed by atoms with Crippen molar-refractivity contribution in [1.82, 2.24) is 4.90 Å². The first-order valence-corrected chi connectivity index (χ1v) is 5.50. The van der Waals surface area contributed by atoms with E-state index >= 15 is 0 Å². The first-order chi connectivity index (χ1) is 8.65. The van der Waals surface area contributed by atoms with Gasteiger partial charge in [0.05, 0.1) is 33.9 Å². The summed E-state index contributed by atoms with van der Waals surface area (Å²) >= 11 is 0. The lowest BCUT2D eigenvalue weighted by Crippen LogP contribution is -2.18. The van der Waals surface area contributed by atoms with Crippen molar-refractivity contribution in [2.75, 3.05) is 34.9 Å². The van der Waals surface area contributed by atoms with Gasteiger partial charge in [-0.15, -0.1) is 0 Å². The molecule has 0 radical (unpaired) electrons. The van der Waals surface area contributed by atoms with Crippen LogP contribution in [-0.2, 0) is 6.54 Å². The Balaban J connectivity index is 3.06. The highest BCUT2D eigenvalue weighted by atomic mass is 16.5. The van der Waals surface area contributed by atoms with E-state index in [0.717, 1.165) is 11.3 Å². The first-order valence-electron chi connectivity index (χ1n) is 5.50. The fourth-order valence-electron chi connectivity index (χ4n) is 1.68. The van der Waals surface area contributed by atoms with Gasteiger partial charge in [-0.3, -0.25) is 4.90 Å². The van der Waals surface area contributed by atoms with Crippen LogP contribution in [0.3, 0.4) is 0 Å². The van der Waals surface area contributed by atoms with E-state index < -0.39 is 0 Å². The Morgan fingerprint density at radius 3 is 2.11 bits per heavy atom. The highest BCUT2D eigenvalue weighted by molar-refractivity contribution is 5.50. The van der Waals surface area contributed by atoms with E-state index in [0.29, 0.717) is 24.6 Å². The lowest BCUT2D eigenvalue weighted by atomic mass is 10.1. The lowest BCUT2D eigenvalue weighted by Gasteiger charge is -2.17. The zero-order valence-electron chi connectivity index (χ0n) is 11.2. The summed E-state index contributed by atoms with van der Waals surface area (Å²) in [7, 11) is 6.65. The molecular weight excluding hydrogens is 232 g/mol. The van der Waals surface area contributed by atoms with Gasteiger partial charge < -0.3 is 14.2 Å². The largest absolute Gasteiger partial charge is 0.496 e. The van der Waals surface area contributed by atoms with Crippen molar-refractivity contribution < 1.29 is 14.2 Å². The third-order valence-corrected chi connectivity index (χ3v) is 2.57. The van der Waals surface area contributed by atoms with Gasteiger partial charge in [0, 0.05) is 18.2 Å². The minimum absolute atomic E-state index is 0.359. The molecule has 0 aliphatic rings. The molecule has 0 saturated heterocycles. The molecule has 0 saturated carbocycles. The molecule has 0 fully saturated rings. The maximum atomic E-state index is 8.66. The summed E-state index contributed by atoms with van der Waals surface area (Å²) in [5.41, 5.74) is 0.952. The maximum absolute atomic E-state index is 8.66. The monoisotopic (exact) mass is 250 g/mol. The summed E-state index contributed by atoms with van der Waals surface area (Å²) in [4.78, 5) is 1.89. The van der Waals surface area contributed by atoms with Crippen LogP contribution in [-0.4, -0.2) is 39.8 Å². The van der Waals surface area contributed by atoms with E-state index in [4.69, 9.17) is 19.5 Å². The van der Waals surface area contributed by atoms with Gasteiger partial charge in [-0.25, -0.2) is 0 Å². The third kappa shape index (κ3) is 3.28. The molecule has 5 heteroatoms. The molecule has 98 valence electrons. The topological polar surface area (TPSA) is 54.7 Å². The van der Waals surface area contributed by atoms with Crippen LogP contribution in [0.1, 0.15) is 5.56 Å². The molecule has 0 amide bonds. The van der Waals surface area contributed by atoms with Gasteiger partial charge in [-0.05, 0) is 13.1 Å². The zero-order valence-corrected chi connectivity index (χ0v) is 11.2. The van der Waals surface area contributed by atoms with E-state index in [1.54, 1.807) is 27.4 Å². The number of methoxy groups -OCH3 is 3. The van der Waals surface area contributed by atoms with Gasteiger partial charge >= 0.3 is 0 Å². The number of hydrogen-bond donors (Lipinski definition) is 0. The van der Waals surface area contributed by atoms with Crippen LogP contribution in [0.5, 0.6) is 17.2 Å². The summed E-state index contributed by atoms with van der Waals surface area (Å²) in [5, 5.41) is 8.66. The van der Waals surface area contributed by atoms with Gasteiger partial charge in [-0.2, -0.15) is 5.26 Å². The average molecular weight is 250 g/mol. The maximum Gasteiger partial charge on any atom is 0.164 e. The number of nitrogens with zero attached hydrogens (tertiary/aromatic N) is 2. The highest BCUT2D eigenvalue weighted by Crippen LogP contribution is 2.34. The normalized spacial score (nSPS) is 10.0. The molecular formula is C13H18N2O3. The fourth-order valence-corrected chi connectivity index (χ4v) is 1.68. The fraction of sp³-hybridized carbons (Fsp3) is 0.462. The molecule has 0 aliphatic heterocycles. The van der Waals surface area contributed by atoms with Crippen molar-refractivity contribution in [2.45, 2.75) is 6.54 Å². The Morgan fingerprint density at radius 2 is 1.61 bits per heavy atom. The molecule has 1 rings (SSSR count). The Bertz CT molecular complexity index is 441. The summed E-state index contributed by atoms with van der Waals surface area (Å²) in [5.74, 6) is 2.00. The Hall–Kier alpha value is -1.93. The second kappa shape index (κ2) is 6.72. The van der Waals surface area contributed by atoms with E-state index in [9.17, 15) is 0 Å². The van der Waals surface area contributed by atoms with Crippen LogP contribution in [0.2, 0.25) is 0 Å². The van der Waals surface area contributed by atoms with E-state index in [1.165, 1.54) is 0 Å². The van der Waals surface area contributed by atoms with Gasteiger partial charge in [0.1, 0.15) is 5.75 Å². The second-order valence-electron chi connectivity index (χ2n) is 3.85. The minimum Gasteiger partial charge on any atom is -0.496 e. The molecule has 1 aromatic carbocycles. The van der Waals surface area contributed by atoms with Gasteiger partial charge in [0.2, 0.25) is 0 Å². The van der Waals surface area contributed by atoms with E-state index in [2.05, 4.69) is 6.07 Å². The number of benzene rings is 1. The van der Waals surface area contributed by atoms with Gasteiger partial charge in [0.25, 0.3) is 0 Å². The van der Waals surface area contributed by atoms with Crippen molar-refractivity contribution >= 4 is 0 Å². The Kier molecular flexibility index (Phi) is 5.28. The SMILES string of the molecule is COc1cc(OC)c(OC)cc1CN(C)CC#N. The van der Waals surface area contributed by atoms with Crippen LogP contribution in [0.4, 0.5) is 0 Å². The van der Waals surface area contributed by atoms with Crippen LogP contribution in [0, 0.1) is 11.3 Å². The predicted octanol–water partition coefficient (Wildman–Crippen LogP) is 1.67. The second-order valence-corrected chi connectivity index (χ2v) is 3.85. The molecule has 0 N–H and O–H groups in total. The number of ether oxygens (including phenoxy) is 3. The molecule has 0 atom stereocenters. The summed E-state index contributed by atoms with van der Waals surface area (Å²) in [6.45, 7) is 0.967. The minimum atomic E-state index is 0.359. The van der Waals surface area contributed by atoms with Crippen LogP contribution in [0.25, 0.3) is 0 Å². The molecule has 0 aromatic heterocycles. The molecule has 1 aromatic rings. The third-order valence-electron chi connectivity index (χ3n) is 2.57. The van der Waals surface area contributed by atoms with Gasteiger partial charge in [0.15, 0.2) is 11.5 Å². The zero-order chi connectivity index (χ0) is 13.5. The van der Waals surface area contributed by atoms with Crippen LogP contribution in [0.15, 0.2) is 12.1 Å². The van der Waals surface area contributed by atoms with Gasteiger partial charge in [-0.1, -0.05) is 0 Å². The summed E-state index contributed by atoms with van der Waals surface area (Å²) in [6.07, 6.45) is 0. The van der Waals surface area contributed by atoms with E-state index in [-0.39, 0.29) is 0 Å². The first kappa shape index (κ1) is 14.1. The Morgan fingerprint density at radius 1 is 1.06 bits per heavy atom. The molecule has 18 heavy (non-hydrogen) atoms. The van der Waals surface area contributed by atoms with Crippen molar-refractivity contribution in [3.63, 3.8) is 0 Å². The number of nitriles is 1. The molecule has 0 unspecified atom stereocenters. The summed E-state index contributed by atoms with van der Waals surface area (Å²) in [6, 6.07) is 5.76. The van der Waals surface area contributed by atoms with E-state index in [1.807, 2.05) is 18.0 Å². The number of hydrogen-bond acceptors (Lipinski definition) is 5. The standard InChI is InChI=1S/C13H18N2O3/c1-15(6-5-14)9-10-7-12(17-3)13(18-4)8-11(10)16-2/h7-8H,6,9H2,1-4H3. The van der Waals surface area contributed by atoms with Crippen molar-refractivity contribution in [1.29, 1.82) is 5.26 Å². The molecule has 0 aliphatic carbocycles. The van der Waals surface area contributed by atoms with Crippen molar-refractivity contribution in [3.8, 4) is 23.3 Å². The van der Waals surface area contributed by atoms with Crippen LogP contribution >= 0.6 is 0 Å². The molecule has 0 spiro atoms. The van der Waals surface area contributed by atoms with Crippen LogP contribution < -0.4 is 14.2 Å². The predicted molar refractivity (Wildman–Crippen MR) is 68.0 cm³/mol. The van der Waals surface area contributed by atoms with Crippen molar-refractivity contribution in [2.24, 2.45) is 0 Å². The quantitative estimate of drug-likeness (QED) is 0.719. The highest BCUT2D eigenvalue weighted by Gasteiger charge is 2.13.